The van der Waals surface area contributed by atoms with Gasteiger partial charge in [0.15, 0.2) is 0 Å². The maximum absolute atomic E-state index is 10.00. The van der Waals surface area contributed by atoms with E-state index in [2.05, 4.69) is 73.8 Å². The summed E-state index contributed by atoms with van der Waals surface area (Å²) in [7, 11) is 0. The topological polar surface area (TPSA) is 36.4 Å². The molecule has 0 spiro atoms. The van der Waals surface area contributed by atoms with Crippen molar-refractivity contribution in [1.29, 1.82) is 0 Å². The van der Waals surface area contributed by atoms with Crippen LogP contribution in [0.25, 0.3) is 10.7 Å². The van der Waals surface area contributed by atoms with Gasteiger partial charge in [-0.3, -0.25) is 0 Å². The summed E-state index contributed by atoms with van der Waals surface area (Å²) in [6.45, 7) is 7.07. The second-order valence-corrected chi connectivity index (χ2v) is 8.60. The smallest absolute Gasteiger partial charge is 0.803 e. The number of rotatable bonds is 7. The summed E-state index contributed by atoms with van der Waals surface area (Å²) >= 11 is 0. The maximum Gasteiger partial charge on any atom is 2.00 e. The van der Waals surface area contributed by atoms with Gasteiger partial charge in [-0.25, -0.2) is 18.1 Å². The molecule has 0 aromatic heterocycles. The van der Waals surface area contributed by atoms with Crippen LogP contribution in [0.4, 0.5) is 0 Å². The first-order valence-corrected chi connectivity index (χ1v) is 12.2. The van der Waals surface area contributed by atoms with E-state index in [0.29, 0.717) is 11.6 Å². The van der Waals surface area contributed by atoms with Crippen molar-refractivity contribution in [3.05, 3.63) is 160 Å². The van der Waals surface area contributed by atoms with E-state index in [0.717, 1.165) is 41.8 Å². The first-order chi connectivity index (χ1) is 17.1. The molecular formula is C33H34N2Sr-2. The Morgan fingerprint density at radius 2 is 1.89 bits per heavy atom. The number of hydrogen-bond acceptors (Lipinski definition) is 0. The van der Waals surface area contributed by atoms with Gasteiger partial charge in [0.05, 0.1) is 0 Å². The van der Waals surface area contributed by atoms with Crippen molar-refractivity contribution in [3.63, 3.8) is 0 Å². The molecule has 1 aliphatic heterocycles. The average molecular weight is 546 g/mol. The van der Waals surface area contributed by atoms with E-state index in [4.69, 9.17) is 0 Å². The Labute approximate surface area is 255 Å². The molecule has 0 saturated heterocycles. The van der Waals surface area contributed by atoms with Crippen LogP contribution in [0.1, 0.15) is 37.0 Å². The predicted molar refractivity (Wildman–Crippen MR) is 157 cm³/mol. The van der Waals surface area contributed by atoms with Gasteiger partial charge in [0.2, 0.25) is 0 Å². The van der Waals surface area contributed by atoms with Crippen LogP contribution in [-0.2, 0) is 6.42 Å². The molecule has 2 aromatic carbocycles. The van der Waals surface area contributed by atoms with Crippen LogP contribution in [0.5, 0.6) is 0 Å². The standard InChI is InChI=1S/C17H15N.C16H19N.Sr/c1-14-8-5-6-12-16(14)17(18)13-7-11-15-9-3-2-4-10-15;1-3-8-13(2)14-9-4-5-10-15(14)16-11-6-7-12-17-16;/h2-9,12-13H,11H2,1H3;3-8,10-11,14H,9,12H2,1-2H3;/q2*-2;+2/b13-7-;;. The molecule has 180 valence electrons. The third kappa shape index (κ3) is 9.29. The summed E-state index contributed by atoms with van der Waals surface area (Å²) in [4.78, 5) is 0. The largest absolute Gasteiger partial charge is 2.00 e. The molecule has 0 radical (unpaired) electrons. The molecule has 2 aliphatic rings. The molecule has 2 nitrogen and oxygen atoms in total. The summed E-state index contributed by atoms with van der Waals surface area (Å²) in [6, 6.07) is 18.8. The number of hydrogen-bond donors (Lipinski definition) is 0. The third-order valence-electron chi connectivity index (χ3n) is 6.00. The minimum Gasteiger partial charge on any atom is -0.803 e. The van der Waals surface area contributed by atoms with Gasteiger partial charge >= 0.3 is 45.5 Å². The van der Waals surface area contributed by atoms with Gasteiger partial charge in [-0.15, -0.1) is 32.2 Å². The molecule has 4 rings (SSSR count). The average Bonchev–Trinajstić information content (AvgIpc) is 2.90. The molecule has 0 N–H and O–H groups in total. The van der Waals surface area contributed by atoms with Crippen LogP contribution in [0, 0.1) is 24.8 Å². The van der Waals surface area contributed by atoms with Crippen molar-refractivity contribution >= 4 is 51.2 Å². The fraction of sp³-hybridized carbons (Fsp3) is 0.212. The van der Waals surface area contributed by atoms with Gasteiger partial charge in [-0.2, -0.15) is 41.6 Å². The number of benzene rings is 2. The molecule has 0 fully saturated rings. The van der Waals surface area contributed by atoms with Crippen molar-refractivity contribution in [3.8, 4) is 0 Å². The van der Waals surface area contributed by atoms with Gasteiger partial charge in [-0.1, -0.05) is 78.3 Å². The molecule has 3 heteroatoms. The summed E-state index contributed by atoms with van der Waals surface area (Å²) < 4.78 is 0. The first kappa shape index (κ1) is 29.9. The fourth-order valence-corrected chi connectivity index (χ4v) is 4.12. The first-order valence-electron chi connectivity index (χ1n) is 12.2. The van der Waals surface area contributed by atoms with E-state index in [-0.39, 0.29) is 45.5 Å². The Kier molecular flexibility index (Phi) is 13.7. The fourth-order valence-electron chi connectivity index (χ4n) is 4.12. The molecule has 1 heterocycles. The second-order valence-electron chi connectivity index (χ2n) is 8.60. The van der Waals surface area contributed by atoms with Gasteiger partial charge in [-0.05, 0) is 30.9 Å². The Morgan fingerprint density at radius 3 is 2.58 bits per heavy atom. The second kappa shape index (κ2) is 16.4. The SMILES string of the molecule is CC=C[C-](C)C1CC=CC=C1C1=CC=CC[N-]1.Cc1ccccc1C(=[N-])/C=C\Cc1[c-]cccc1.[Sr+2]. The van der Waals surface area contributed by atoms with Crippen LogP contribution in [0.15, 0.2) is 121 Å². The van der Waals surface area contributed by atoms with Gasteiger partial charge < -0.3 is 10.7 Å². The van der Waals surface area contributed by atoms with Crippen LogP contribution in [0.2, 0.25) is 0 Å². The monoisotopic (exact) mass is 546 g/mol. The van der Waals surface area contributed by atoms with E-state index in [1.807, 2.05) is 61.5 Å². The molecule has 36 heavy (non-hydrogen) atoms. The summed E-state index contributed by atoms with van der Waals surface area (Å²) in [5, 5.41) is 14.6. The zero-order chi connectivity index (χ0) is 24.9. The Balaban J connectivity index is 0.000000247. The van der Waals surface area contributed by atoms with Crippen molar-refractivity contribution < 1.29 is 0 Å². The minimum atomic E-state index is 0. The Morgan fingerprint density at radius 1 is 1.11 bits per heavy atom. The predicted octanol–water partition coefficient (Wildman–Crippen LogP) is 8.06. The molecule has 1 unspecified atom stereocenters. The van der Waals surface area contributed by atoms with Crippen molar-refractivity contribution in [2.45, 2.75) is 33.6 Å². The molecule has 2 aromatic rings. The van der Waals surface area contributed by atoms with E-state index in [1.165, 1.54) is 11.5 Å². The van der Waals surface area contributed by atoms with Crippen molar-refractivity contribution in [2.24, 2.45) is 5.92 Å². The summed E-state index contributed by atoms with van der Waals surface area (Å²) in [6.07, 6.45) is 22.8. The van der Waals surface area contributed by atoms with Crippen LogP contribution in [-0.4, -0.2) is 57.7 Å². The van der Waals surface area contributed by atoms with Crippen LogP contribution < -0.4 is 0 Å². The molecule has 0 saturated carbocycles. The normalized spacial score (nSPS) is 16.4. The van der Waals surface area contributed by atoms with Gasteiger partial charge in [0, 0.05) is 0 Å². The quantitative estimate of drug-likeness (QED) is 0.192. The van der Waals surface area contributed by atoms with Crippen molar-refractivity contribution in [2.75, 3.05) is 6.54 Å². The van der Waals surface area contributed by atoms with Gasteiger partial charge in [0.25, 0.3) is 0 Å². The zero-order valence-electron chi connectivity index (χ0n) is 21.7. The van der Waals surface area contributed by atoms with Gasteiger partial charge in [0.1, 0.15) is 0 Å². The summed E-state index contributed by atoms with van der Waals surface area (Å²) in [5.41, 5.74) is 5.88. The molecular weight excluding hydrogens is 512 g/mol. The Bertz CT molecular complexity index is 1150. The number of nitrogens with zero attached hydrogens (tertiary/aromatic N) is 2. The molecule has 1 atom stereocenters. The van der Waals surface area contributed by atoms with E-state index in [9.17, 15) is 5.41 Å². The molecule has 0 bridgehead atoms. The van der Waals surface area contributed by atoms with Crippen LogP contribution in [0.3, 0.4) is 0 Å². The molecule has 1 aliphatic carbocycles. The molecule has 0 amide bonds. The Hall–Kier alpha value is -2.30. The van der Waals surface area contributed by atoms with E-state index in [1.54, 1.807) is 6.08 Å². The zero-order valence-corrected chi connectivity index (χ0v) is 25.2. The maximum atomic E-state index is 10.00. The van der Waals surface area contributed by atoms with Crippen LogP contribution >= 0.6 is 0 Å². The number of aryl methyl sites for hydroxylation is 1. The van der Waals surface area contributed by atoms with Crippen molar-refractivity contribution in [1.82, 2.24) is 0 Å². The van der Waals surface area contributed by atoms with E-state index < -0.39 is 0 Å². The summed E-state index contributed by atoms with van der Waals surface area (Å²) in [5.74, 6) is 1.89. The third-order valence-corrected chi connectivity index (χ3v) is 6.00. The number of allylic oxidation sites excluding steroid dienone is 10. The van der Waals surface area contributed by atoms with E-state index >= 15 is 0 Å². The minimum absolute atomic E-state index is 0.